The molecule has 0 atom stereocenters. The van der Waals surface area contributed by atoms with Crippen LogP contribution in [0.5, 0.6) is 0 Å². The number of nitrogens with zero attached hydrogens (tertiary/aromatic N) is 3. The summed E-state index contributed by atoms with van der Waals surface area (Å²) in [7, 11) is 0. The fraction of sp³-hybridized carbons (Fsp3) is 0.178. The van der Waals surface area contributed by atoms with Crippen LogP contribution in [0.3, 0.4) is 0 Å². The topological polar surface area (TPSA) is 33.6 Å². The summed E-state index contributed by atoms with van der Waals surface area (Å²) in [5.74, 6) is -7.01. The van der Waals surface area contributed by atoms with Gasteiger partial charge in [0, 0.05) is 38.4 Å². The summed E-state index contributed by atoms with van der Waals surface area (Å²) in [5, 5.41) is 14.1. The van der Waals surface area contributed by atoms with Crippen LogP contribution in [0.4, 0.5) is 17.6 Å². The minimum Gasteiger partial charge on any atom is -0.309 e. The molecule has 0 aliphatic carbocycles. The van der Waals surface area contributed by atoms with Gasteiger partial charge in [-0.15, -0.1) is 0 Å². The van der Waals surface area contributed by atoms with Crippen molar-refractivity contribution in [2.75, 3.05) is 0 Å². The first-order valence-electron chi connectivity index (χ1n) is 17.2. The Hall–Kier alpha value is -5.87. The lowest BCUT2D eigenvalue weighted by Crippen LogP contribution is -2.12. The Morgan fingerprint density at radius 3 is 1.52 bits per heavy atom. The summed E-state index contributed by atoms with van der Waals surface area (Å²) < 4.78 is 67.1. The highest BCUT2D eigenvalue weighted by molar-refractivity contribution is 6.11. The number of para-hydroxylation sites is 2. The zero-order valence-electron chi connectivity index (χ0n) is 29.7. The van der Waals surface area contributed by atoms with Crippen LogP contribution in [0.25, 0.3) is 66.1 Å². The molecular weight excluding hydrogens is 659 g/mol. The molecule has 8 rings (SSSR count). The molecule has 2 heterocycles. The summed E-state index contributed by atoms with van der Waals surface area (Å²) in [6.45, 7) is 12.5. The van der Waals surface area contributed by atoms with E-state index in [0.29, 0.717) is 16.7 Å². The maximum absolute atomic E-state index is 16.5. The summed E-state index contributed by atoms with van der Waals surface area (Å²) in [6.07, 6.45) is 0. The molecule has 0 saturated heterocycles. The SMILES string of the molecule is CC(C)(C)c1ccc2c3ccccc3n(-c3ccc(-c4c(F)c(F)c(F)c(F)c4-n4c5ccccc5c5ccc(C(C)(C)C)cc54)c(C#N)c3)c2c1. The highest BCUT2D eigenvalue weighted by Crippen LogP contribution is 2.43. The smallest absolute Gasteiger partial charge is 0.199 e. The van der Waals surface area contributed by atoms with Crippen LogP contribution in [0.15, 0.2) is 103 Å². The summed E-state index contributed by atoms with van der Waals surface area (Å²) in [6, 6.07) is 34.2. The van der Waals surface area contributed by atoms with Crippen LogP contribution in [-0.4, -0.2) is 9.13 Å². The Kier molecular flexibility index (Phi) is 7.41. The summed E-state index contributed by atoms with van der Waals surface area (Å²) in [4.78, 5) is 0. The molecule has 0 aliphatic rings. The van der Waals surface area contributed by atoms with E-state index < -0.39 is 34.5 Å². The van der Waals surface area contributed by atoms with E-state index in [1.165, 1.54) is 10.6 Å². The maximum Gasteiger partial charge on any atom is 0.199 e. The second kappa shape index (κ2) is 11.6. The minimum absolute atomic E-state index is 0.0305. The zero-order valence-corrected chi connectivity index (χ0v) is 29.7. The molecule has 2 aromatic heterocycles. The number of fused-ring (bicyclic) bond motifs is 6. The molecular formula is C45H35F4N3. The Labute approximate surface area is 299 Å². The van der Waals surface area contributed by atoms with Crippen LogP contribution in [0.1, 0.15) is 58.2 Å². The van der Waals surface area contributed by atoms with Crippen molar-refractivity contribution < 1.29 is 17.6 Å². The number of halogens is 4. The van der Waals surface area contributed by atoms with E-state index in [1.54, 1.807) is 24.3 Å². The molecule has 0 N–H and O–H groups in total. The van der Waals surface area contributed by atoms with Gasteiger partial charge in [-0.1, -0.05) is 108 Å². The molecule has 0 spiro atoms. The molecule has 6 aromatic carbocycles. The van der Waals surface area contributed by atoms with Crippen LogP contribution < -0.4 is 0 Å². The van der Waals surface area contributed by atoms with Gasteiger partial charge < -0.3 is 9.13 Å². The quantitative estimate of drug-likeness (QED) is 0.103. The summed E-state index contributed by atoms with van der Waals surface area (Å²) in [5.41, 5.74) is 3.83. The molecule has 8 aromatic rings. The third kappa shape index (κ3) is 4.92. The van der Waals surface area contributed by atoms with Crippen molar-refractivity contribution in [3.63, 3.8) is 0 Å². The third-order valence-electron chi connectivity index (χ3n) is 10.2. The minimum atomic E-state index is -1.95. The van der Waals surface area contributed by atoms with Crippen molar-refractivity contribution in [2.24, 2.45) is 0 Å². The number of aromatic nitrogens is 2. The number of hydrogen-bond acceptors (Lipinski definition) is 1. The number of rotatable bonds is 3. The van der Waals surface area contributed by atoms with E-state index in [-0.39, 0.29) is 22.0 Å². The van der Waals surface area contributed by atoms with Crippen LogP contribution in [-0.2, 0) is 10.8 Å². The van der Waals surface area contributed by atoms with Gasteiger partial charge in [-0.2, -0.15) is 5.26 Å². The van der Waals surface area contributed by atoms with Gasteiger partial charge in [-0.05, 0) is 58.4 Å². The van der Waals surface area contributed by atoms with Crippen molar-refractivity contribution in [1.82, 2.24) is 9.13 Å². The molecule has 0 saturated carbocycles. The van der Waals surface area contributed by atoms with Gasteiger partial charge in [0.15, 0.2) is 23.3 Å². The molecule has 0 unspecified atom stereocenters. The van der Waals surface area contributed by atoms with E-state index in [4.69, 9.17) is 0 Å². The predicted molar refractivity (Wildman–Crippen MR) is 203 cm³/mol. The van der Waals surface area contributed by atoms with Crippen molar-refractivity contribution in [1.29, 1.82) is 5.26 Å². The molecule has 3 nitrogen and oxygen atoms in total. The molecule has 0 radical (unpaired) electrons. The average Bonchev–Trinajstić information content (AvgIpc) is 3.63. The Morgan fingerprint density at radius 2 is 0.981 bits per heavy atom. The Balaban J connectivity index is 1.45. The van der Waals surface area contributed by atoms with E-state index in [0.717, 1.165) is 43.7 Å². The fourth-order valence-corrected chi connectivity index (χ4v) is 7.45. The van der Waals surface area contributed by atoms with Gasteiger partial charge in [-0.3, -0.25) is 0 Å². The highest BCUT2D eigenvalue weighted by atomic mass is 19.2. The molecule has 0 aliphatic heterocycles. The van der Waals surface area contributed by atoms with Crippen molar-refractivity contribution in [3.05, 3.63) is 143 Å². The lowest BCUT2D eigenvalue weighted by molar-refractivity contribution is 0.409. The fourth-order valence-electron chi connectivity index (χ4n) is 7.45. The van der Waals surface area contributed by atoms with Crippen molar-refractivity contribution >= 4 is 43.6 Å². The lowest BCUT2D eigenvalue weighted by Gasteiger charge is -2.21. The molecule has 0 bridgehead atoms. The third-order valence-corrected chi connectivity index (χ3v) is 10.2. The molecule has 258 valence electrons. The first-order valence-corrected chi connectivity index (χ1v) is 17.2. The van der Waals surface area contributed by atoms with Crippen molar-refractivity contribution in [3.8, 4) is 28.6 Å². The molecule has 0 fully saturated rings. The van der Waals surface area contributed by atoms with Gasteiger partial charge in [0.25, 0.3) is 0 Å². The molecule has 0 amide bonds. The first kappa shape index (κ1) is 33.3. The van der Waals surface area contributed by atoms with Gasteiger partial charge in [0.1, 0.15) is 0 Å². The first-order chi connectivity index (χ1) is 24.7. The van der Waals surface area contributed by atoms with E-state index in [9.17, 15) is 5.26 Å². The van der Waals surface area contributed by atoms with Crippen LogP contribution in [0.2, 0.25) is 0 Å². The number of nitriles is 1. The zero-order chi connectivity index (χ0) is 36.9. The monoisotopic (exact) mass is 693 g/mol. The largest absolute Gasteiger partial charge is 0.309 e. The summed E-state index contributed by atoms with van der Waals surface area (Å²) >= 11 is 0. The van der Waals surface area contributed by atoms with Gasteiger partial charge in [0.2, 0.25) is 0 Å². The van der Waals surface area contributed by atoms with Crippen molar-refractivity contribution in [2.45, 2.75) is 52.4 Å². The van der Waals surface area contributed by atoms with Gasteiger partial charge in [0.05, 0.1) is 39.4 Å². The Morgan fingerprint density at radius 1 is 0.500 bits per heavy atom. The standard InChI is InChI=1S/C45H35F4N3/c1-44(2,3)26-15-18-32-30-11-7-9-13-34(30)51(36(32)22-26)28-17-20-29(25(21-28)24-50)38-39(46)40(47)41(48)42(49)43(38)52-35-14-10-8-12-31(35)33-19-16-27(23-37(33)52)45(4,5)6/h7-23H,1-6H3. The number of benzene rings is 6. The van der Waals surface area contributed by atoms with Crippen LogP contribution in [0, 0.1) is 34.6 Å². The van der Waals surface area contributed by atoms with E-state index >= 15 is 17.6 Å². The maximum atomic E-state index is 16.5. The van der Waals surface area contributed by atoms with E-state index in [2.05, 4.69) is 45.0 Å². The normalized spacial score (nSPS) is 12.4. The molecule has 7 heteroatoms. The lowest BCUT2D eigenvalue weighted by atomic mass is 9.86. The Bertz CT molecular complexity index is 2820. The van der Waals surface area contributed by atoms with Crippen LogP contribution >= 0.6 is 0 Å². The molecule has 52 heavy (non-hydrogen) atoms. The average molecular weight is 694 g/mol. The van der Waals surface area contributed by atoms with E-state index in [1.807, 2.05) is 79.9 Å². The van der Waals surface area contributed by atoms with Gasteiger partial charge in [-0.25, -0.2) is 17.6 Å². The second-order valence-electron chi connectivity index (χ2n) is 15.5. The number of hydrogen-bond donors (Lipinski definition) is 0. The second-order valence-corrected chi connectivity index (χ2v) is 15.5. The highest BCUT2D eigenvalue weighted by Gasteiger charge is 2.31. The predicted octanol–water partition coefficient (Wildman–Crippen LogP) is 12.6. The van der Waals surface area contributed by atoms with Gasteiger partial charge >= 0.3 is 0 Å².